The molecule has 1 saturated carbocycles. The van der Waals surface area contributed by atoms with E-state index in [1.54, 1.807) is 11.3 Å². The van der Waals surface area contributed by atoms with Crippen molar-refractivity contribution in [2.45, 2.75) is 36.4 Å². The van der Waals surface area contributed by atoms with Crippen LogP contribution in [-0.2, 0) is 0 Å². The summed E-state index contributed by atoms with van der Waals surface area (Å²) in [6, 6.07) is 4.20. The molecule has 1 aliphatic rings. The van der Waals surface area contributed by atoms with Crippen LogP contribution >= 0.6 is 38.9 Å². The summed E-state index contributed by atoms with van der Waals surface area (Å²) in [6.45, 7) is 0. The molecule has 0 nitrogen and oxygen atoms in total. The quantitative estimate of drug-likeness (QED) is 0.646. The first kappa shape index (κ1) is 10.0. The number of hydrogen-bond acceptors (Lipinski definition) is 1. The second kappa shape index (κ2) is 4.33. The molecule has 1 aliphatic carbocycles. The highest BCUT2D eigenvalue weighted by atomic mass is 79.9. The summed E-state index contributed by atoms with van der Waals surface area (Å²) in [5.74, 6) is 0.746. The number of hydrogen-bond donors (Lipinski definition) is 0. The molecule has 72 valence electrons. The van der Waals surface area contributed by atoms with Gasteiger partial charge in [-0.3, -0.25) is 0 Å². The van der Waals surface area contributed by atoms with Gasteiger partial charge in [-0.2, -0.15) is 0 Å². The van der Waals surface area contributed by atoms with Crippen molar-refractivity contribution in [3.05, 3.63) is 21.3 Å². The molecule has 0 saturated heterocycles. The Balaban J connectivity index is 2.08. The van der Waals surface area contributed by atoms with E-state index in [9.17, 15) is 0 Å². The molecule has 0 aromatic carbocycles. The maximum Gasteiger partial charge on any atom is 0.0931 e. The van der Waals surface area contributed by atoms with Crippen molar-refractivity contribution in [1.82, 2.24) is 0 Å². The first-order valence-electron chi connectivity index (χ1n) is 4.65. The van der Waals surface area contributed by atoms with E-state index in [1.807, 2.05) is 6.07 Å². The van der Waals surface area contributed by atoms with E-state index in [4.69, 9.17) is 11.6 Å². The average molecular weight is 280 g/mol. The summed E-state index contributed by atoms with van der Waals surface area (Å²) >= 11 is 11.4. The van der Waals surface area contributed by atoms with Gasteiger partial charge in [-0.05, 0) is 37.3 Å². The van der Waals surface area contributed by atoms with E-state index in [1.165, 1.54) is 30.6 Å². The van der Waals surface area contributed by atoms with Crippen LogP contribution in [-0.4, -0.2) is 4.83 Å². The standard InChI is InChI=1S/C10H12BrClS/c11-8-3-1-2-7(6-8)9-4-5-10(12)13-9/h4-5,7-8H,1-3,6H2. The molecule has 0 aliphatic heterocycles. The second-order valence-electron chi connectivity index (χ2n) is 3.60. The first-order valence-corrected chi connectivity index (χ1v) is 6.76. The summed E-state index contributed by atoms with van der Waals surface area (Å²) in [4.78, 5) is 2.18. The van der Waals surface area contributed by atoms with E-state index in [2.05, 4.69) is 22.0 Å². The Bertz CT molecular complexity index is 284. The van der Waals surface area contributed by atoms with Crippen LogP contribution in [0.25, 0.3) is 0 Å². The summed E-state index contributed by atoms with van der Waals surface area (Å²) in [5.41, 5.74) is 0. The number of rotatable bonds is 1. The fourth-order valence-corrected chi connectivity index (χ4v) is 3.92. The molecular formula is C10H12BrClS. The van der Waals surface area contributed by atoms with Gasteiger partial charge in [0.15, 0.2) is 0 Å². The van der Waals surface area contributed by atoms with E-state index in [0.717, 1.165) is 10.3 Å². The molecular weight excluding hydrogens is 268 g/mol. The normalized spacial score (nSPS) is 29.1. The summed E-state index contributed by atoms with van der Waals surface area (Å²) in [7, 11) is 0. The van der Waals surface area contributed by atoms with Crippen LogP contribution < -0.4 is 0 Å². The molecule has 0 N–H and O–H groups in total. The Morgan fingerprint density at radius 2 is 2.23 bits per heavy atom. The number of thiophene rings is 1. The van der Waals surface area contributed by atoms with E-state index < -0.39 is 0 Å². The highest BCUT2D eigenvalue weighted by molar-refractivity contribution is 9.09. The van der Waals surface area contributed by atoms with Gasteiger partial charge in [-0.1, -0.05) is 34.0 Å². The van der Waals surface area contributed by atoms with Gasteiger partial charge in [0, 0.05) is 9.70 Å². The molecule has 1 heterocycles. The third kappa shape index (κ3) is 2.48. The minimum atomic E-state index is 0.715. The smallest absolute Gasteiger partial charge is 0.0931 e. The zero-order chi connectivity index (χ0) is 9.26. The van der Waals surface area contributed by atoms with Crippen molar-refractivity contribution < 1.29 is 0 Å². The fraction of sp³-hybridized carbons (Fsp3) is 0.600. The molecule has 13 heavy (non-hydrogen) atoms. The van der Waals surface area contributed by atoms with Gasteiger partial charge in [-0.15, -0.1) is 11.3 Å². The van der Waals surface area contributed by atoms with Gasteiger partial charge < -0.3 is 0 Å². The molecule has 0 radical (unpaired) electrons. The minimum Gasteiger partial charge on any atom is -0.128 e. The lowest BCUT2D eigenvalue weighted by atomic mass is 9.88. The lowest BCUT2D eigenvalue weighted by molar-refractivity contribution is 0.463. The molecule has 0 spiro atoms. The Labute approximate surface area is 96.4 Å². The molecule has 0 amide bonds. The third-order valence-corrected chi connectivity index (χ3v) is 4.83. The Kier molecular flexibility index (Phi) is 3.33. The van der Waals surface area contributed by atoms with Crippen molar-refractivity contribution in [2.75, 3.05) is 0 Å². The van der Waals surface area contributed by atoms with Gasteiger partial charge in [0.2, 0.25) is 0 Å². The molecule has 0 bridgehead atoms. The molecule has 1 aromatic heterocycles. The van der Waals surface area contributed by atoms with Crippen molar-refractivity contribution in [1.29, 1.82) is 0 Å². The first-order chi connectivity index (χ1) is 6.25. The van der Waals surface area contributed by atoms with Crippen molar-refractivity contribution in [2.24, 2.45) is 0 Å². The van der Waals surface area contributed by atoms with E-state index >= 15 is 0 Å². The van der Waals surface area contributed by atoms with E-state index in [0.29, 0.717) is 4.83 Å². The maximum absolute atomic E-state index is 5.92. The van der Waals surface area contributed by atoms with Crippen molar-refractivity contribution >= 4 is 38.9 Å². The van der Waals surface area contributed by atoms with Gasteiger partial charge in [0.05, 0.1) is 4.34 Å². The average Bonchev–Trinajstić information content (AvgIpc) is 2.52. The molecule has 2 rings (SSSR count). The monoisotopic (exact) mass is 278 g/mol. The summed E-state index contributed by atoms with van der Waals surface area (Å²) in [6.07, 6.45) is 5.28. The predicted octanol–water partition coefficient (Wildman–Crippen LogP) is 4.82. The molecule has 1 aromatic rings. The fourth-order valence-electron chi connectivity index (χ4n) is 1.94. The maximum atomic E-state index is 5.92. The predicted molar refractivity (Wildman–Crippen MR) is 63.3 cm³/mol. The third-order valence-electron chi connectivity index (χ3n) is 2.61. The van der Waals surface area contributed by atoms with Crippen LogP contribution in [0.4, 0.5) is 0 Å². The Morgan fingerprint density at radius 3 is 2.85 bits per heavy atom. The zero-order valence-electron chi connectivity index (χ0n) is 7.30. The number of alkyl halides is 1. The number of halogens is 2. The van der Waals surface area contributed by atoms with Crippen molar-refractivity contribution in [3.63, 3.8) is 0 Å². The lowest BCUT2D eigenvalue weighted by Gasteiger charge is -2.24. The molecule has 1 fully saturated rings. The van der Waals surface area contributed by atoms with Gasteiger partial charge >= 0.3 is 0 Å². The molecule has 2 unspecified atom stereocenters. The highest BCUT2D eigenvalue weighted by Gasteiger charge is 2.22. The largest absolute Gasteiger partial charge is 0.128 e. The Morgan fingerprint density at radius 1 is 1.38 bits per heavy atom. The minimum absolute atomic E-state index is 0.715. The van der Waals surface area contributed by atoms with Crippen LogP contribution in [0.5, 0.6) is 0 Å². The van der Waals surface area contributed by atoms with Crippen molar-refractivity contribution in [3.8, 4) is 0 Å². The Hall–Kier alpha value is 0.470. The topological polar surface area (TPSA) is 0 Å². The molecule has 3 heteroatoms. The van der Waals surface area contributed by atoms with Crippen LogP contribution in [0.15, 0.2) is 12.1 Å². The summed E-state index contributed by atoms with van der Waals surface area (Å²) in [5, 5.41) is 0. The van der Waals surface area contributed by atoms with Gasteiger partial charge in [0.25, 0.3) is 0 Å². The van der Waals surface area contributed by atoms with E-state index in [-0.39, 0.29) is 0 Å². The zero-order valence-corrected chi connectivity index (χ0v) is 10.5. The van der Waals surface area contributed by atoms with Crippen LogP contribution in [0.1, 0.15) is 36.5 Å². The molecule has 2 atom stereocenters. The van der Waals surface area contributed by atoms with Gasteiger partial charge in [-0.25, -0.2) is 0 Å². The highest BCUT2D eigenvalue weighted by Crippen LogP contribution is 2.39. The van der Waals surface area contributed by atoms with Crippen LogP contribution in [0.2, 0.25) is 4.34 Å². The van der Waals surface area contributed by atoms with Gasteiger partial charge in [0.1, 0.15) is 0 Å². The SMILES string of the molecule is Clc1ccc(C2CCCC(Br)C2)s1. The van der Waals surface area contributed by atoms with Crippen LogP contribution in [0, 0.1) is 0 Å². The lowest BCUT2D eigenvalue weighted by Crippen LogP contribution is -2.12. The van der Waals surface area contributed by atoms with Crippen LogP contribution in [0.3, 0.4) is 0 Å². The second-order valence-corrected chi connectivity index (χ2v) is 6.64. The summed E-state index contributed by atoms with van der Waals surface area (Å²) < 4.78 is 0.923.